The number of halogens is 1. The molecule has 0 saturated carbocycles. The summed E-state index contributed by atoms with van der Waals surface area (Å²) in [6, 6.07) is 18.8. The number of rotatable bonds is 10. The van der Waals surface area contributed by atoms with Gasteiger partial charge in [-0.15, -0.1) is 0 Å². The second-order valence-electron chi connectivity index (χ2n) is 8.91. The van der Waals surface area contributed by atoms with Crippen LogP contribution in [-0.4, -0.2) is 50.0 Å². The maximum Gasteiger partial charge on any atom is 0.244 e. The van der Waals surface area contributed by atoms with Gasteiger partial charge < -0.3 is 10.2 Å². The van der Waals surface area contributed by atoms with Gasteiger partial charge in [-0.2, -0.15) is 0 Å². The highest BCUT2D eigenvalue weighted by Gasteiger charge is 2.31. The largest absolute Gasteiger partial charge is 0.352 e. The summed E-state index contributed by atoms with van der Waals surface area (Å²) in [5.74, 6) is -0.794. The standard InChI is InChI=1S/C27H32ClN3O4S/c1-5-19(2)29-27(33)20(3)30(17-21-13-15-23(28)16-14-21)26(32)18-31(36(4,34)35)25-12-8-10-22-9-6-7-11-24(22)25/h6-16,19-20H,5,17-18H2,1-4H3,(H,29,33). The zero-order valence-electron chi connectivity index (χ0n) is 20.9. The van der Waals surface area contributed by atoms with Gasteiger partial charge in [0.25, 0.3) is 0 Å². The molecule has 0 aliphatic heterocycles. The first-order valence-electron chi connectivity index (χ1n) is 11.8. The molecule has 0 aliphatic carbocycles. The SMILES string of the molecule is CCC(C)NC(=O)C(C)N(Cc1ccc(Cl)cc1)C(=O)CN(c1cccc2ccccc12)S(C)(=O)=O. The van der Waals surface area contributed by atoms with Crippen LogP contribution in [0.4, 0.5) is 5.69 Å². The number of amides is 2. The molecule has 9 heteroatoms. The van der Waals surface area contributed by atoms with Crippen LogP contribution in [0.2, 0.25) is 5.02 Å². The summed E-state index contributed by atoms with van der Waals surface area (Å²) in [7, 11) is -3.82. The molecule has 0 bridgehead atoms. The number of hydrogen-bond donors (Lipinski definition) is 1. The number of fused-ring (bicyclic) bond motifs is 1. The van der Waals surface area contributed by atoms with E-state index in [4.69, 9.17) is 11.6 Å². The van der Waals surface area contributed by atoms with E-state index in [0.29, 0.717) is 16.1 Å². The first-order chi connectivity index (χ1) is 17.0. The second kappa shape index (κ2) is 11.8. The minimum atomic E-state index is -3.82. The molecule has 0 aliphatic rings. The number of sulfonamides is 1. The molecule has 36 heavy (non-hydrogen) atoms. The molecule has 0 saturated heterocycles. The van der Waals surface area contributed by atoms with Gasteiger partial charge in [0.2, 0.25) is 21.8 Å². The summed E-state index contributed by atoms with van der Waals surface area (Å²) in [4.78, 5) is 28.1. The number of anilines is 1. The lowest BCUT2D eigenvalue weighted by Crippen LogP contribution is -2.52. The molecule has 7 nitrogen and oxygen atoms in total. The van der Waals surface area contributed by atoms with Crippen LogP contribution in [0.5, 0.6) is 0 Å². The predicted molar refractivity (Wildman–Crippen MR) is 145 cm³/mol. The smallest absolute Gasteiger partial charge is 0.244 e. The van der Waals surface area contributed by atoms with E-state index in [1.165, 1.54) is 4.90 Å². The highest BCUT2D eigenvalue weighted by Crippen LogP contribution is 2.28. The number of carbonyl (C=O) groups is 2. The van der Waals surface area contributed by atoms with E-state index in [9.17, 15) is 18.0 Å². The van der Waals surface area contributed by atoms with Crippen LogP contribution in [-0.2, 0) is 26.2 Å². The average molecular weight is 530 g/mol. The fourth-order valence-electron chi connectivity index (χ4n) is 3.86. The normalized spacial score (nSPS) is 13.1. The zero-order valence-corrected chi connectivity index (χ0v) is 22.5. The lowest BCUT2D eigenvalue weighted by molar-refractivity contribution is -0.139. The Morgan fingerprint density at radius 2 is 1.61 bits per heavy atom. The Balaban J connectivity index is 1.98. The van der Waals surface area contributed by atoms with Crippen molar-refractivity contribution in [1.29, 1.82) is 0 Å². The lowest BCUT2D eigenvalue weighted by atomic mass is 10.1. The summed E-state index contributed by atoms with van der Waals surface area (Å²) in [6.07, 6.45) is 1.82. The van der Waals surface area contributed by atoms with Crippen molar-refractivity contribution >= 4 is 49.9 Å². The van der Waals surface area contributed by atoms with E-state index in [0.717, 1.165) is 27.9 Å². The summed E-state index contributed by atoms with van der Waals surface area (Å²) in [5, 5.41) is 5.04. The van der Waals surface area contributed by atoms with Crippen molar-refractivity contribution < 1.29 is 18.0 Å². The Hall–Kier alpha value is -3.10. The van der Waals surface area contributed by atoms with Crippen molar-refractivity contribution in [1.82, 2.24) is 10.2 Å². The van der Waals surface area contributed by atoms with Crippen molar-refractivity contribution in [3.05, 3.63) is 77.3 Å². The lowest BCUT2D eigenvalue weighted by Gasteiger charge is -2.32. The first kappa shape index (κ1) is 27.5. The van der Waals surface area contributed by atoms with Gasteiger partial charge in [0.1, 0.15) is 12.6 Å². The van der Waals surface area contributed by atoms with Gasteiger partial charge in [-0.3, -0.25) is 13.9 Å². The molecule has 3 aromatic carbocycles. The molecule has 2 atom stereocenters. The number of hydrogen-bond acceptors (Lipinski definition) is 4. The molecular formula is C27H32ClN3O4S. The second-order valence-corrected chi connectivity index (χ2v) is 11.3. The highest BCUT2D eigenvalue weighted by molar-refractivity contribution is 7.92. The zero-order chi connectivity index (χ0) is 26.5. The molecule has 192 valence electrons. The molecule has 2 amide bonds. The van der Waals surface area contributed by atoms with E-state index in [-0.39, 0.29) is 18.5 Å². The Kier molecular flexibility index (Phi) is 8.98. The van der Waals surface area contributed by atoms with E-state index in [1.54, 1.807) is 43.3 Å². The van der Waals surface area contributed by atoms with E-state index in [1.807, 2.05) is 44.2 Å². The third-order valence-corrected chi connectivity index (χ3v) is 7.53. The molecule has 0 spiro atoms. The monoisotopic (exact) mass is 529 g/mol. The summed E-state index contributed by atoms with van der Waals surface area (Å²) < 4.78 is 26.9. The predicted octanol–water partition coefficient (Wildman–Crippen LogP) is 4.59. The van der Waals surface area contributed by atoms with Gasteiger partial charge >= 0.3 is 0 Å². The van der Waals surface area contributed by atoms with Crippen LogP contribution in [0.25, 0.3) is 10.8 Å². The van der Waals surface area contributed by atoms with Gasteiger partial charge in [-0.05, 0) is 49.4 Å². The van der Waals surface area contributed by atoms with Crippen molar-refractivity contribution in [2.75, 3.05) is 17.1 Å². The summed E-state index contributed by atoms with van der Waals surface area (Å²) >= 11 is 6.01. The number of carbonyl (C=O) groups excluding carboxylic acids is 2. The number of nitrogens with one attached hydrogen (secondary N) is 1. The van der Waals surface area contributed by atoms with Crippen molar-refractivity contribution in [2.45, 2.75) is 45.8 Å². The van der Waals surface area contributed by atoms with E-state index >= 15 is 0 Å². The first-order valence-corrected chi connectivity index (χ1v) is 14.0. The molecular weight excluding hydrogens is 498 g/mol. The Bertz CT molecular complexity index is 1320. The molecule has 3 rings (SSSR count). The van der Waals surface area contributed by atoms with Crippen molar-refractivity contribution in [2.24, 2.45) is 0 Å². The van der Waals surface area contributed by atoms with Crippen LogP contribution in [0.1, 0.15) is 32.8 Å². The van der Waals surface area contributed by atoms with Crippen LogP contribution in [0.15, 0.2) is 66.7 Å². The van der Waals surface area contributed by atoms with E-state index in [2.05, 4.69) is 5.32 Å². The summed E-state index contributed by atoms with van der Waals surface area (Å²) in [5.41, 5.74) is 1.18. The van der Waals surface area contributed by atoms with Crippen molar-refractivity contribution in [3.63, 3.8) is 0 Å². The van der Waals surface area contributed by atoms with Crippen LogP contribution >= 0.6 is 11.6 Å². The molecule has 2 unspecified atom stereocenters. The number of nitrogens with zero attached hydrogens (tertiary/aromatic N) is 2. The summed E-state index contributed by atoms with van der Waals surface area (Å²) in [6.45, 7) is 5.18. The number of benzene rings is 3. The Labute approximate surface area is 218 Å². The highest BCUT2D eigenvalue weighted by atomic mass is 35.5. The Morgan fingerprint density at radius 1 is 0.972 bits per heavy atom. The topological polar surface area (TPSA) is 86.8 Å². The van der Waals surface area contributed by atoms with Crippen LogP contribution in [0, 0.1) is 0 Å². The quantitative estimate of drug-likeness (QED) is 0.416. The van der Waals surface area contributed by atoms with Gasteiger partial charge in [0, 0.05) is 23.0 Å². The molecule has 1 N–H and O–H groups in total. The minimum Gasteiger partial charge on any atom is -0.352 e. The van der Waals surface area contributed by atoms with Gasteiger partial charge in [0.05, 0.1) is 11.9 Å². The fraction of sp³-hybridized carbons (Fsp3) is 0.333. The average Bonchev–Trinajstić information content (AvgIpc) is 2.85. The van der Waals surface area contributed by atoms with E-state index < -0.39 is 28.5 Å². The van der Waals surface area contributed by atoms with Crippen LogP contribution < -0.4 is 9.62 Å². The van der Waals surface area contributed by atoms with Gasteiger partial charge in [0.15, 0.2) is 0 Å². The maximum absolute atomic E-state index is 13.7. The van der Waals surface area contributed by atoms with Crippen molar-refractivity contribution in [3.8, 4) is 0 Å². The Morgan fingerprint density at radius 3 is 2.25 bits per heavy atom. The third-order valence-electron chi connectivity index (χ3n) is 6.15. The third kappa shape index (κ3) is 6.77. The van der Waals surface area contributed by atoms with Gasteiger partial charge in [-0.1, -0.05) is 67.1 Å². The minimum absolute atomic E-state index is 0.0596. The molecule has 0 fully saturated rings. The van der Waals surface area contributed by atoms with Crippen LogP contribution in [0.3, 0.4) is 0 Å². The molecule has 0 radical (unpaired) electrons. The van der Waals surface area contributed by atoms with Gasteiger partial charge in [-0.25, -0.2) is 8.42 Å². The molecule has 0 aromatic heterocycles. The maximum atomic E-state index is 13.7. The molecule has 3 aromatic rings. The molecule has 0 heterocycles. The fourth-order valence-corrected chi connectivity index (χ4v) is 4.84.